The van der Waals surface area contributed by atoms with Crippen molar-refractivity contribution in [2.75, 3.05) is 0 Å². The Labute approximate surface area is 89.9 Å². The Bertz CT molecular complexity index is 322. The van der Waals surface area contributed by atoms with Gasteiger partial charge in [-0.3, -0.25) is 0 Å². The van der Waals surface area contributed by atoms with Gasteiger partial charge in [0.15, 0.2) is 0 Å². The monoisotopic (exact) mass is 216 g/mol. The molecule has 0 aliphatic heterocycles. The van der Waals surface area contributed by atoms with Crippen molar-refractivity contribution in [3.63, 3.8) is 0 Å². The Hall–Kier alpha value is -0.200. The van der Waals surface area contributed by atoms with E-state index in [1.807, 2.05) is 19.1 Å². The molecule has 0 saturated heterocycles. The molecule has 0 spiro atoms. The number of benzene rings is 1. The van der Waals surface area contributed by atoms with E-state index in [1.54, 1.807) is 0 Å². The van der Waals surface area contributed by atoms with Crippen LogP contribution in [0.4, 0.5) is 0 Å². The zero-order valence-corrected chi connectivity index (χ0v) is 9.92. The summed E-state index contributed by atoms with van der Waals surface area (Å²) in [5.41, 5.74) is 2.18. The maximum atomic E-state index is 6.13. The van der Waals surface area contributed by atoms with Gasteiger partial charge in [0.2, 0.25) is 0 Å². The van der Waals surface area contributed by atoms with E-state index in [4.69, 9.17) is 23.2 Å². The van der Waals surface area contributed by atoms with Crippen molar-refractivity contribution in [1.29, 1.82) is 0 Å². The normalized spacial score (nSPS) is 11.8. The standard InChI is InChI=1S/C11H14Cl2/c1-7-5-10(13)8(6-9(7)12)11(2,3)4/h5-6H,1-4H3. The van der Waals surface area contributed by atoms with Gasteiger partial charge in [0.1, 0.15) is 0 Å². The van der Waals surface area contributed by atoms with Gasteiger partial charge in [-0.05, 0) is 35.6 Å². The molecule has 13 heavy (non-hydrogen) atoms. The van der Waals surface area contributed by atoms with Gasteiger partial charge >= 0.3 is 0 Å². The van der Waals surface area contributed by atoms with E-state index in [0.29, 0.717) is 0 Å². The highest BCUT2D eigenvalue weighted by atomic mass is 35.5. The highest BCUT2D eigenvalue weighted by Gasteiger charge is 2.18. The van der Waals surface area contributed by atoms with Crippen molar-refractivity contribution in [1.82, 2.24) is 0 Å². The number of rotatable bonds is 0. The zero-order valence-electron chi connectivity index (χ0n) is 8.41. The highest BCUT2D eigenvalue weighted by molar-refractivity contribution is 6.34. The van der Waals surface area contributed by atoms with E-state index >= 15 is 0 Å². The third kappa shape index (κ3) is 2.38. The number of hydrogen-bond acceptors (Lipinski definition) is 0. The molecule has 1 aromatic rings. The summed E-state index contributed by atoms with van der Waals surface area (Å²) in [7, 11) is 0. The molecule has 0 aliphatic carbocycles. The minimum absolute atomic E-state index is 0.0500. The first-order valence-corrected chi connectivity index (χ1v) is 5.04. The SMILES string of the molecule is Cc1cc(Cl)c(C(C)(C)C)cc1Cl. The maximum absolute atomic E-state index is 6.13. The van der Waals surface area contributed by atoms with Crippen molar-refractivity contribution in [3.8, 4) is 0 Å². The topological polar surface area (TPSA) is 0 Å². The van der Waals surface area contributed by atoms with Gasteiger partial charge in [0, 0.05) is 10.0 Å². The lowest BCUT2D eigenvalue weighted by Gasteiger charge is -2.21. The number of hydrogen-bond donors (Lipinski definition) is 0. The van der Waals surface area contributed by atoms with Crippen LogP contribution >= 0.6 is 23.2 Å². The Morgan fingerprint density at radius 3 is 2.00 bits per heavy atom. The largest absolute Gasteiger partial charge is 0.0840 e. The molecular formula is C11H14Cl2. The van der Waals surface area contributed by atoms with Crippen LogP contribution in [0.5, 0.6) is 0 Å². The van der Waals surface area contributed by atoms with Crippen molar-refractivity contribution < 1.29 is 0 Å². The molecular weight excluding hydrogens is 203 g/mol. The second-order valence-electron chi connectivity index (χ2n) is 4.33. The van der Waals surface area contributed by atoms with Crippen LogP contribution in [0.15, 0.2) is 12.1 Å². The van der Waals surface area contributed by atoms with Crippen LogP contribution in [0.2, 0.25) is 10.0 Å². The Balaban J connectivity index is 3.32. The van der Waals surface area contributed by atoms with Crippen LogP contribution in [-0.2, 0) is 5.41 Å². The van der Waals surface area contributed by atoms with Gasteiger partial charge in [-0.25, -0.2) is 0 Å². The number of aryl methyl sites for hydroxylation is 1. The second kappa shape index (κ2) is 3.51. The lowest BCUT2D eigenvalue weighted by Crippen LogP contribution is -2.11. The molecule has 0 heterocycles. The third-order valence-electron chi connectivity index (χ3n) is 2.06. The molecule has 2 heteroatoms. The van der Waals surface area contributed by atoms with Crippen LogP contribution in [0.25, 0.3) is 0 Å². The first-order valence-electron chi connectivity index (χ1n) is 4.28. The molecule has 0 bridgehead atoms. The molecule has 0 N–H and O–H groups in total. The molecule has 0 unspecified atom stereocenters. The van der Waals surface area contributed by atoms with Gasteiger partial charge in [0.05, 0.1) is 0 Å². The summed E-state index contributed by atoms with van der Waals surface area (Å²) in [6, 6.07) is 3.88. The molecule has 0 atom stereocenters. The maximum Gasteiger partial charge on any atom is 0.0447 e. The van der Waals surface area contributed by atoms with Gasteiger partial charge in [0.25, 0.3) is 0 Å². The quantitative estimate of drug-likeness (QED) is 0.595. The summed E-state index contributed by atoms with van der Waals surface area (Å²) in [6.07, 6.45) is 0. The van der Waals surface area contributed by atoms with Gasteiger partial charge < -0.3 is 0 Å². The third-order valence-corrected chi connectivity index (χ3v) is 2.78. The molecule has 0 saturated carbocycles. The first-order chi connectivity index (χ1) is 5.82. The summed E-state index contributed by atoms with van der Waals surface area (Å²) in [4.78, 5) is 0. The zero-order chi connectivity index (χ0) is 10.2. The fourth-order valence-electron chi connectivity index (χ4n) is 1.22. The molecule has 1 rings (SSSR count). The minimum atomic E-state index is 0.0500. The minimum Gasteiger partial charge on any atom is -0.0840 e. The van der Waals surface area contributed by atoms with Crippen molar-refractivity contribution in [2.24, 2.45) is 0 Å². The molecule has 1 aromatic carbocycles. The molecule has 0 nitrogen and oxygen atoms in total. The van der Waals surface area contributed by atoms with Crippen LogP contribution in [0.1, 0.15) is 31.9 Å². The van der Waals surface area contributed by atoms with E-state index < -0.39 is 0 Å². The smallest absolute Gasteiger partial charge is 0.0447 e. The Kier molecular flexibility index (Phi) is 2.94. The molecule has 72 valence electrons. The molecule has 0 radical (unpaired) electrons. The average molecular weight is 217 g/mol. The first kappa shape index (κ1) is 10.9. The Morgan fingerprint density at radius 1 is 1.00 bits per heavy atom. The van der Waals surface area contributed by atoms with Gasteiger partial charge in [-0.15, -0.1) is 0 Å². The van der Waals surface area contributed by atoms with E-state index in [0.717, 1.165) is 21.2 Å². The summed E-state index contributed by atoms with van der Waals surface area (Å²) in [5, 5.41) is 1.59. The fraction of sp³-hybridized carbons (Fsp3) is 0.455. The van der Waals surface area contributed by atoms with Crippen LogP contribution in [0, 0.1) is 6.92 Å². The fourth-order valence-corrected chi connectivity index (χ4v) is 1.89. The van der Waals surface area contributed by atoms with E-state index in [2.05, 4.69) is 20.8 Å². The van der Waals surface area contributed by atoms with E-state index in [1.165, 1.54) is 0 Å². The van der Waals surface area contributed by atoms with E-state index in [9.17, 15) is 0 Å². The predicted octanol–water partition coefficient (Wildman–Crippen LogP) is 4.60. The number of halogens is 2. The lowest BCUT2D eigenvalue weighted by molar-refractivity contribution is 0.590. The molecule has 0 aromatic heterocycles. The summed E-state index contributed by atoms with van der Waals surface area (Å²) >= 11 is 12.2. The molecule has 0 amide bonds. The lowest BCUT2D eigenvalue weighted by atomic mass is 9.86. The van der Waals surface area contributed by atoms with Crippen molar-refractivity contribution in [3.05, 3.63) is 33.3 Å². The van der Waals surface area contributed by atoms with Crippen molar-refractivity contribution in [2.45, 2.75) is 33.1 Å². The Morgan fingerprint density at radius 2 is 1.54 bits per heavy atom. The van der Waals surface area contributed by atoms with Crippen LogP contribution in [0.3, 0.4) is 0 Å². The van der Waals surface area contributed by atoms with Crippen LogP contribution < -0.4 is 0 Å². The van der Waals surface area contributed by atoms with E-state index in [-0.39, 0.29) is 5.41 Å². The van der Waals surface area contributed by atoms with Gasteiger partial charge in [-0.1, -0.05) is 44.0 Å². The average Bonchev–Trinajstić information content (AvgIpc) is 1.94. The molecule has 0 aliphatic rings. The second-order valence-corrected chi connectivity index (χ2v) is 5.15. The predicted molar refractivity (Wildman–Crippen MR) is 59.9 cm³/mol. The molecule has 0 fully saturated rings. The van der Waals surface area contributed by atoms with Crippen molar-refractivity contribution >= 4 is 23.2 Å². The highest BCUT2D eigenvalue weighted by Crippen LogP contribution is 2.33. The summed E-state index contributed by atoms with van der Waals surface area (Å²) in [5.74, 6) is 0. The van der Waals surface area contributed by atoms with Crippen LogP contribution in [-0.4, -0.2) is 0 Å². The summed E-state index contributed by atoms with van der Waals surface area (Å²) < 4.78 is 0. The summed E-state index contributed by atoms with van der Waals surface area (Å²) in [6.45, 7) is 8.33. The van der Waals surface area contributed by atoms with Gasteiger partial charge in [-0.2, -0.15) is 0 Å².